The number of hydrogen-bond donors (Lipinski definition) is 2. The molecule has 0 atom stereocenters. The van der Waals surface area contributed by atoms with E-state index in [2.05, 4.69) is 10.3 Å². The molecule has 1 aliphatic rings. The smallest absolute Gasteiger partial charge is 0.358 e. The number of carbonyl (C=O) groups excluding carboxylic acids is 1. The maximum absolute atomic E-state index is 11.8. The summed E-state index contributed by atoms with van der Waals surface area (Å²) in [5.41, 5.74) is 0.389. The van der Waals surface area contributed by atoms with Crippen molar-refractivity contribution in [3.63, 3.8) is 0 Å². The first-order chi connectivity index (χ1) is 10.1. The summed E-state index contributed by atoms with van der Waals surface area (Å²) in [4.78, 5) is 26.8. The molecular weight excluding hydrogens is 276 g/mol. The van der Waals surface area contributed by atoms with Crippen molar-refractivity contribution in [2.24, 2.45) is 0 Å². The number of aromatic nitrogens is 1. The third-order valence-corrected chi connectivity index (χ3v) is 3.15. The van der Waals surface area contributed by atoms with Crippen molar-refractivity contribution in [3.05, 3.63) is 23.5 Å². The van der Waals surface area contributed by atoms with Crippen molar-refractivity contribution in [2.75, 3.05) is 19.8 Å². The van der Waals surface area contributed by atoms with Crippen LogP contribution in [0, 0.1) is 6.92 Å². The highest BCUT2D eigenvalue weighted by atomic mass is 16.5. The SMILES string of the molecule is Cc1ccc(OCC(=O)NC2CCOCC2)c(C(=O)O)n1. The van der Waals surface area contributed by atoms with E-state index in [-0.39, 0.29) is 30.0 Å². The number of hydrogen-bond acceptors (Lipinski definition) is 5. The lowest BCUT2D eigenvalue weighted by atomic mass is 10.1. The molecule has 2 rings (SSSR count). The minimum absolute atomic E-state index is 0.0879. The third kappa shape index (κ3) is 4.42. The van der Waals surface area contributed by atoms with Crippen LogP contribution in [0.2, 0.25) is 0 Å². The second-order valence-corrected chi connectivity index (χ2v) is 4.85. The minimum atomic E-state index is -1.18. The average Bonchev–Trinajstić information content (AvgIpc) is 2.47. The van der Waals surface area contributed by atoms with Crippen LogP contribution >= 0.6 is 0 Å². The van der Waals surface area contributed by atoms with E-state index < -0.39 is 5.97 Å². The molecule has 0 aromatic carbocycles. The molecule has 114 valence electrons. The van der Waals surface area contributed by atoms with Gasteiger partial charge in [0.1, 0.15) is 0 Å². The summed E-state index contributed by atoms with van der Waals surface area (Å²) in [6.07, 6.45) is 1.55. The van der Waals surface area contributed by atoms with Crippen LogP contribution in [0.1, 0.15) is 29.0 Å². The summed E-state index contributed by atoms with van der Waals surface area (Å²) in [5.74, 6) is -1.37. The normalized spacial score (nSPS) is 15.5. The van der Waals surface area contributed by atoms with Crippen molar-refractivity contribution in [1.82, 2.24) is 10.3 Å². The van der Waals surface area contributed by atoms with Crippen LogP contribution in [0.5, 0.6) is 5.75 Å². The number of carbonyl (C=O) groups is 2. The van der Waals surface area contributed by atoms with Gasteiger partial charge >= 0.3 is 5.97 Å². The van der Waals surface area contributed by atoms with Crippen molar-refractivity contribution in [3.8, 4) is 5.75 Å². The molecule has 7 heteroatoms. The number of carboxylic acid groups (broad SMARTS) is 1. The van der Waals surface area contributed by atoms with Crippen molar-refractivity contribution < 1.29 is 24.2 Å². The van der Waals surface area contributed by atoms with Crippen molar-refractivity contribution >= 4 is 11.9 Å². The third-order valence-electron chi connectivity index (χ3n) is 3.15. The first-order valence-electron chi connectivity index (χ1n) is 6.77. The second-order valence-electron chi connectivity index (χ2n) is 4.85. The Balaban J connectivity index is 1.90. The molecule has 1 aromatic heterocycles. The molecule has 2 N–H and O–H groups in total. The van der Waals surface area contributed by atoms with E-state index in [0.717, 1.165) is 12.8 Å². The van der Waals surface area contributed by atoms with Crippen LogP contribution in [0.25, 0.3) is 0 Å². The lowest BCUT2D eigenvalue weighted by Crippen LogP contribution is -2.41. The van der Waals surface area contributed by atoms with E-state index in [9.17, 15) is 9.59 Å². The molecule has 0 saturated carbocycles. The van der Waals surface area contributed by atoms with Gasteiger partial charge in [-0.15, -0.1) is 0 Å². The van der Waals surface area contributed by atoms with E-state index in [4.69, 9.17) is 14.6 Å². The summed E-state index contributed by atoms with van der Waals surface area (Å²) in [6, 6.07) is 3.23. The van der Waals surface area contributed by atoms with Crippen molar-refractivity contribution in [1.29, 1.82) is 0 Å². The fraction of sp³-hybridized carbons (Fsp3) is 0.500. The van der Waals surface area contributed by atoms with Gasteiger partial charge in [-0.25, -0.2) is 9.78 Å². The van der Waals surface area contributed by atoms with Gasteiger partial charge in [0.05, 0.1) is 0 Å². The van der Waals surface area contributed by atoms with Gasteiger partial charge in [0.15, 0.2) is 18.1 Å². The van der Waals surface area contributed by atoms with E-state index in [1.165, 1.54) is 6.07 Å². The zero-order chi connectivity index (χ0) is 15.2. The quantitative estimate of drug-likeness (QED) is 0.832. The minimum Gasteiger partial charge on any atom is -0.481 e. The maximum atomic E-state index is 11.8. The first kappa shape index (κ1) is 15.2. The standard InChI is InChI=1S/C14H18N2O5/c1-9-2-3-11(13(15-9)14(18)19)21-8-12(17)16-10-4-6-20-7-5-10/h2-3,10H,4-8H2,1H3,(H,16,17)(H,18,19). The highest BCUT2D eigenvalue weighted by Gasteiger charge is 2.18. The number of amides is 1. The molecule has 21 heavy (non-hydrogen) atoms. The van der Waals surface area contributed by atoms with E-state index in [1.54, 1.807) is 13.0 Å². The Labute approximate surface area is 122 Å². The maximum Gasteiger partial charge on any atom is 0.358 e. The summed E-state index contributed by atoms with van der Waals surface area (Å²) >= 11 is 0. The molecule has 1 aliphatic heterocycles. The molecule has 7 nitrogen and oxygen atoms in total. The predicted octanol–water partition coefficient (Wildman–Crippen LogP) is 0.762. The topological polar surface area (TPSA) is 97.8 Å². The van der Waals surface area contributed by atoms with Crippen LogP contribution in [-0.2, 0) is 9.53 Å². The van der Waals surface area contributed by atoms with Gasteiger partial charge in [0, 0.05) is 24.9 Å². The highest BCUT2D eigenvalue weighted by molar-refractivity contribution is 5.88. The first-order valence-corrected chi connectivity index (χ1v) is 6.77. The molecule has 0 radical (unpaired) electrons. The number of nitrogens with one attached hydrogen (secondary N) is 1. The van der Waals surface area contributed by atoms with E-state index in [0.29, 0.717) is 18.9 Å². The second kappa shape index (κ2) is 7.03. The Morgan fingerprint density at radius 1 is 1.43 bits per heavy atom. The van der Waals surface area contributed by atoms with Crippen molar-refractivity contribution in [2.45, 2.75) is 25.8 Å². The zero-order valence-electron chi connectivity index (χ0n) is 11.8. The van der Waals surface area contributed by atoms with Gasteiger partial charge in [0.25, 0.3) is 5.91 Å². The van der Waals surface area contributed by atoms with Crippen LogP contribution in [0.15, 0.2) is 12.1 Å². The molecule has 1 aromatic rings. The Hall–Kier alpha value is -2.15. The van der Waals surface area contributed by atoms with Crippen LogP contribution < -0.4 is 10.1 Å². The predicted molar refractivity (Wildman–Crippen MR) is 73.4 cm³/mol. The van der Waals surface area contributed by atoms with Gasteiger partial charge < -0.3 is 19.9 Å². The number of carboxylic acids is 1. The number of nitrogens with zero attached hydrogens (tertiary/aromatic N) is 1. The molecule has 2 heterocycles. The lowest BCUT2D eigenvalue weighted by Gasteiger charge is -2.23. The molecule has 1 saturated heterocycles. The van der Waals surface area contributed by atoms with Crippen LogP contribution in [-0.4, -0.2) is 47.8 Å². The molecule has 1 fully saturated rings. The van der Waals surface area contributed by atoms with E-state index in [1.807, 2.05) is 0 Å². The number of aromatic carboxylic acids is 1. The molecule has 0 spiro atoms. The molecule has 0 unspecified atom stereocenters. The monoisotopic (exact) mass is 294 g/mol. The average molecular weight is 294 g/mol. The van der Waals surface area contributed by atoms with Crippen LogP contribution in [0.4, 0.5) is 0 Å². The molecular formula is C14H18N2O5. The Morgan fingerprint density at radius 3 is 2.81 bits per heavy atom. The summed E-state index contributed by atoms with van der Waals surface area (Å²) < 4.78 is 10.5. The van der Waals surface area contributed by atoms with E-state index >= 15 is 0 Å². The Morgan fingerprint density at radius 2 is 2.14 bits per heavy atom. The lowest BCUT2D eigenvalue weighted by molar-refractivity contribution is -0.124. The van der Waals surface area contributed by atoms with Crippen LogP contribution in [0.3, 0.4) is 0 Å². The molecule has 1 amide bonds. The van der Waals surface area contributed by atoms with Gasteiger partial charge in [-0.05, 0) is 31.9 Å². The zero-order valence-corrected chi connectivity index (χ0v) is 11.8. The van der Waals surface area contributed by atoms with Gasteiger partial charge in [0.2, 0.25) is 0 Å². The number of rotatable bonds is 5. The highest BCUT2D eigenvalue weighted by Crippen LogP contribution is 2.16. The largest absolute Gasteiger partial charge is 0.481 e. The summed E-state index contributed by atoms with van der Waals surface area (Å²) in [7, 11) is 0. The van der Waals surface area contributed by atoms with Gasteiger partial charge in [-0.1, -0.05) is 0 Å². The number of aryl methyl sites for hydroxylation is 1. The number of ether oxygens (including phenoxy) is 2. The molecule has 0 aliphatic carbocycles. The number of pyridine rings is 1. The summed E-state index contributed by atoms with van der Waals surface area (Å²) in [6.45, 7) is 2.73. The fourth-order valence-electron chi connectivity index (χ4n) is 2.07. The Kier molecular flexibility index (Phi) is 5.10. The summed E-state index contributed by atoms with van der Waals surface area (Å²) in [5, 5.41) is 11.9. The van der Waals surface area contributed by atoms with Gasteiger partial charge in [-0.3, -0.25) is 4.79 Å². The fourth-order valence-corrected chi connectivity index (χ4v) is 2.07. The molecule has 0 bridgehead atoms. The Bertz CT molecular complexity index is 526. The van der Waals surface area contributed by atoms with Gasteiger partial charge in [-0.2, -0.15) is 0 Å².